The number of piperidine rings is 1. The molecule has 2 aliphatic carbocycles. The molecule has 2 aromatic carbocycles. The molecule has 1 saturated carbocycles. The summed E-state index contributed by atoms with van der Waals surface area (Å²) in [6.45, 7) is 3.13. The molecule has 1 aromatic heterocycles. The van der Waals surface area contributed by atoms with Crippen LogP contribution in [0.3, 0.4) is 0 Å². The summed E-state index contributed by atoms with van der Waals surface area (Å²) in [6, 6.07) is 11.3. The number of hydrogen-bond donors (Lipinski definition) is 1. The van der Waals surface area contributed by atoms with Crippen LogP contribution in [0.1, 0.15) is 53.0 Å². The van der Waals surface area contributed by atoms with E-state index in [1.165, 1.54) is 22.8 Å². The van der Waals surface area contributed by atoms with Crippen molar-refractivity contribution >= 4 is 28.2 Å². The van der Waals surface area contributed by atoms with Crippen LogP contribution < -0.4 is 0 Å². The van der Waals surface area contributed by atoms with Crippen LogP contribution in [-0.4, -0.2) is 28.1 Å². The van der Waals surface area contributed by atoms with Gasteiger partial charge in [0, 0.05) is 18.1 Å². The summed E-state index contributed by atoms with van der Waals surface area (Å²) >= 11 is 1.57. The highest BCUT2D eigenvalue weighted by molar-refractivity contribution is 7.09. The van der Waals surface area contributed by atoms with Crippen LogP contribution in [0.4, 0.5) is 0 Å². The maximum Gasteiger partial charge on any atom is 0.121 e. The Bertz CT molecular complexity index is 1070. The summed E-state index contributed by atoms with van der Waals surface area (Å²) < 4.78 is 0. The first-order chi connectivity index (χ1) is 14.3. The number of rotatable bonds is 4. The lowest BCUT2D eigenvalue weighted by Gasteiger charge is -2.34. The fourth-order valence-electron chi connectivity index (χ4n) is 5.43. The Morgan fingerprint density at radius 2 is 2.07 bits per heavy atom. The fourth-order valence-corrected chi connectivity index (χ4v) is 6.14. The summed E-state index contributed by atoms with van der Waals surface area (Å²) in [4.78, 5) is 6.92. The number of thiazole rings is 1. The molecule has 148 valence electrons. The average molecular weight is 403 g/mol. The third-order valence-corrected chi connectivity index (χ3v) is 7.98. The molecular weight excluding hydrogens is 376 g/mol. The zero-order valence-electron chi connectivity index (χ0n) is 16.5. The molecular formula is C25H26N2OS. The van der Waals surface area contributed by atoms with E-state index in [1.807, 2.05) is 5.38 Å². The zero-order chi connectivity index (χ0) is 19.4. The van der Waals surface area contributed by atoms with Crippen LogP contribution in [0, 0.1) is 11.8 Å². The summed E-state index contributed by atoms with van der Waals surface area (Å²) in [5.41, 5.74) is 4.60. The minimum absolute atomic E-state index is 0.328. The lowest BCUT2D eigenvalue weighted by molar-refractivity contribution is 0.0566. The summed E-state index contributed by atoms with van der Waals surface area (Å²) in [5.74, 6) is 1.83. The van der Waals surface area contributed by atoms with Crippen molar-refractivity contribution in [2.75, 3.05) is 13.1 Å². The SMILES string of the molecule is OC(c1nccs1)C1CCN(Cc2c3c(cc4ccccc24)C=CC2CC32)CC1. The molecule has 1 saturated heterocycles. The van der Waals surface area contributed by atoms with Crippen LogP contribution >= 0.6 is 11.3 Å². The largest absolute Gasteiger partial charge is 0.386 e. The summed E-state index contributed by atoms with van der Waals surface area (Å²) in [6.07, 6.45) is 9.56. The maximum absolute atomic E-state index is 10.7. The van der Waals surface area contributed by atoms with Gasteiger partial charge >= 0.3 is 0 Å². The van der Waals surface area contributed by atoms with Gasteiger partial charge < -0.3 is 5.11 Å². The van der Waals surface area contributed by atoms with Crippen molar-refractivity contribution in [1.29, 1.82) is 0 Å². The molecule has 3 aliphatic rings. The Morgan fingerprint density at radius 3 is 2.90 bits per heavy atom. The van der Waals surface area contributed by atoms with Crippen LogP contribution in [0.15, 0.2) is 48.0 Å². The number of benzene rings is 2. The molecule has 2 fully saturated rings. The van der Waals surface area contributed by atoms with Gasteiger partial charge in [-0.15, -0.1) is 11.3 Å². The van der Waals surface area contributed by atoms with Gasteiger partial charge in [0.15, 0.2) is 0 Å². The quantitative estimate of drug-likeness (QED) is 0.637. The van der Waals surface area contributed by atoms with Crippen LogP contribution in [0.25, 0.3) is 16.8 Å². The molecule has 6 rings (SSSR count). The number of aliphatic hydroxyl groups excluding tert-OH is 1. The monoisotopic (exact) mass is 402 g/mol. The van der Waals surface area contributed by atoms with Gasteiger partial charge in [0.1, 0.15) is 11.1 Å². The number of fused-ring (bicyclic) bond motifs is 4. The Kier molecular flexibility index (Phi) is 4.33. The van der Waals surface area contributed by atoms with Crippen molar-refractivity contribution < 1.29 is 5.11 Å². The molecule has 29 heavy (non-hydrogen) atoms. The van der Waals surface area contributed by atoms with Gasteiger partial charge in [-0.05, 0) is 83.6 Å². The molecule has 3 aromatic rings. The fraction of sp³-hybridized carbons (Fsp3) is 0.400. The third kappa shape index (κ3) is 3.14. The maximum atomic E-state index is 10.7. The van der Waals surface area contributed by atoms with E-state index >= 15 is 0 Å². The van der Waals surface area contributed by atoms with E-state index in [0.29, 0.717) is 5.92 Å². The second-order valence-electron chi connectivity index (χ2n) is 8.87. The molecule has 3 nitrogen and oxygen atoms in total. The highest BCUT2D eigenvalue weighted by atomic mass is 32.1. The van der Waals surface area contributed by atoms with Crippen LogP contribution in [0.5, 0.6) is 0 Å². The van der Waals surface area contributed by atoms with Crippen molar-refractivity contribution in [3.8, 4) is 0 Å². The van der Waals surface area contributed by atoms with E-state index < -0.39 is 6.10 Å². The van der Waals surface area contributed by atoms with Gasteiger partial charge in [-0.3, -0.25) is 4.90 Å². The molecule has 2 heterocycles. The first-order valence-corrected chi connectivity index (χ1v) is 11.7. The molecule has 3 atom stereocenters. The second-order valence-corrected chi connectivity index (χ2v) is 9.80. The lowest BCUT2D eigenvalue weighted by Crippen LogP contribution is -2.35. The number of aliphatic hydroxyl groups is 1. The van der Waals surface area contributed by atoms with Gasteiger partial charge in [0.25, 0.3) is 0 Å². The second kappa shape index (κ2) is 7.05. The molecule has 3 unspecified atom stereocenters. The van der Waals surface area contributed by atoms with E-state index in [0.717, 1.165) is 49.3 Å². The highest BCUT2D eigenvalue weighted by Crippen LogP contribution is 2.55. The number of aromatic nitrogens is 1. The van der Waals surface area contributed by atoms with Gasteiger partial charge in [-0.2, -0.15) is 0 Å². The van der Waals surface area contributed by atoms with E-state index in [2.05, 4.69) is 52.4 Å². The Balaban J connectivity index is 1.26. The van der Waals surface area contributed by atoms with Gasteiger partial charge in [0.05, 0.1) is 0 Å². The molecule has 0 amide bonds. The normalized spacial score (nSPS) is 25.0. The lowest BCUT2D eigenvalue weighted by atomic mass is 9.86. The molecule has 1 aliphatic heterocycles. The standard InChI is InChI=1S/C25H26N2OS/c28-24(25-26-9-12-29-25)16-7-10-27(11-8-16)15-22-20-4-2-1-3-17(20)13-19-6-5-18-14-21(18)23(19)22/h1-6,9,12-13,16,18,21,24,28H,7-8,10-11,14-15H2. The molecule has 0 radical (unpaired) electrons. The predicted molar refractivity (Wildman–Crippen MR) is 119 cm³/mol. The summed E-state index contributed by atoms with van der Waals surface area (Å²) in [7, 11) is 0. The Hall–Kier alpha value is -2.01. The van der Waals surface area contributed by atoms with E-state index in [1.54, 1.807) is 28.7 Å². The minimum atomic E-state index is -0.403. The van der Waals surface area contributed by atoms with Crippen molar-refractivity contribution in [2.45, 2.75) is 37.8 Å². The van der Waals surface area contributed by atoms with Crippen molar-refractivity contribution in [1.82, 2.24) is 9.88 Å². The van der Waals surface area contributed by atoms with Crippen molar-refractivity contribution in [3.05, 3.63) is 69.7 Å². The average Bonchev–Trinajstić information content (AvgIpc) is 3.35. The highest BCUT2D eigenvalue weighted by Gasteiger charge is 2.41. The topological polar surface area (TPSA) is 36.4 Å². The first-order valence-electron chi connectivity index (χ1n) is 10.8. The Labute approximate surface area is 175 Å². The van der Waals surface area contributed by atoms with E-state index in [-0.39, 0.29) is 0 Å². The Morgan fingerprint density at radius 1 is 1.21 bits per heavy atom. The molecule has 0 bridgehead atoms. The first kappa shape index (κ1) is 17.8. The smallest absolute Gasteiger partial charge is 0.121 e. The number of likely N-dealkylation sites (tertiary alicyclic amines) is 1. The van der Waals surface area contributed by atoms with Crippen molar-refractivity contribution in [2.24, 2.45) is 11.8 Å². The molecule has 0 spiro atoms. The predicted octanol–water partition coefficient (Wildman–Crippen LogP) is 5.37. The van der Waals surface area contributed by atoms with Crippen LogP contribution in [-0.2, 0) is 6.54 Å². The van der Waals surface area contributed by atoms with Gasteiger partial charge in [-0.25, -0.2) is 4.98 Å². The van der Waals surface area contributed by atoms with E-state index in [4.69, 9.17) is 0 Å². The van der Waals surface area contributed by atoms with E-state index in [9.17, 15) is 5.11 Å². The number of nitrogens with zero attached hydrogens (tertiary/aromatic N) is 2. The third-order valence-electron chi connectivity index (χ3n) is 7.13. The number of allylic oxidation sites excluding steroid dienone is 1. The summed E-state index contributed by atoms with van der Waals surface area (Å²) in [5, 5.41) is 16.3. The molecule has 4 heteroatoms. The molecule has 1 N–H and O–H groups in total. The number of hydrogen-bond acceptors (Lipinski definition) is 4. The zero-order valence-corrected chi connectivity index (χ0v) is 17.3. The minimum Gasteiger partial charge on any atom is -0.386 e. The van der Waals surface area contributed by atoms with Gasteiger partial charge in [-0.1, -0.05) is 36.4 Å². The van der Waals surface area contributed by atoms with Gasteiger partial charge in [0.2, 0.25) is 0 Å². The van der Waals surface area contributed by atoms with Crippen LogP contribution in [0.2, 0.25) is 0 Å². The van der Waals surface area contributed by atoms with Crippen molar-refractivity contribution in [3.63, 3.8) is 0 Å².